The van der Waals surface area contributed by atoms with Gasteiger partial charge in [-0.05, 0) is 39.7 Å². The number of methoxy groups -OCH3 is 1. The molecule has 20 heavy (non-hydrogen) atoms. The van der Waals surface area contributed by atoms with E-state index in [-0.39, 0.29) is 0 Å². The van der Waals surface area contributed by atoms with Crippen LogP contribution in [0, 0.1) is 0 Å². The van der Waals surface area contributed by atoms with Crippen LogP contribution in [0.5, 0.6) is 5.75 Å². The van der Waals surface area contributed by atoms with Gasteiger partial charge in [-0.2, -0.15) is 0 Å². The molecule has 4 heteroatoms. The number of hydrogen-bond donors (Lipinski definition) is 1. The van der Waals surface area contributed by atoms with E-state index in [1.807, 2.05) is 48.5 Å². The second-order valence-corrected chi connectivity index (χ2v) is 6.33. The maximum Gasteiger partial charge on any atom is 0.122 e. The standard InChI is InChI=1S/C16H17BrO2S/c1-19-15-8-4-2-6-12(15)10-13(18)11-20-16-9-5-3-7-14(16)17/h2-9,13,18H,10-11H2,1H3. The first kappa shape index (κ1) is 15.4. The Morgan fingerprint density at radius 1 is 1.15 bits per heavy atom. The van der Waals surface area contributed by atoms with E-state index in [4.69, 9.17) is 4.74 Å². The maximum absolute atomic E-state index is 10.2. The fraction of sp³-hybridized carbons (Fsp3) is 0.250. The third kappa shape index (κ3) is 4.27. The predicted molar refractivity (Wildman–Crippen MR) is 87.6 cm³/mol. The minimum atomic E-state index is -0.400. The Morgan fingerprint density at radius 2 is 1.85 bits per heavy atom. The summed E-state index contributed by atoms with van der Waals surface area (Å²) < 4.78 is 6.37. The van der Waals surface area contributed by atoms with Crippen LogP contribution in [0.1, 0.15) is 5.56 Å². The zero-order valence-electron chi connectivity index (χ0n) is 11.3. The largest absolute Gasteiger partial charge is 0.496 e. The molecule has 0 aromatic heterocycles. The first-order chi connectivity index (χ1) is 9.70. The van der Waals surface area contributed by atoms with Crippen molar-refractivity contribution in [3.8, 4) is 5.75 Å². The van der Waals surface area contributed by atoms with Crippen molar-refractivity contribution in [2.24, 2.45) is 0 Å². The van der Waals surface area contributed by atoms with Crippen LogP contribution in [0.25, 0.3) is 0 Å². The number of hydrogen-bond acceptors (Lipinski definition) is 3. The van der Waals surface area contributed by atoms with Crippen LogP contribution >= 0.6 is 27.7 Å². The summed E-state index contributed by atoms with van der Waals surface area (Å²) in [6, 6.07) is 15.8. The number of para-hydroxylation sites is 1. The van der Waals surface area contributed by atoms with E-state index < -0.39 is 6.10 Å². The lowest BCUT2D eigenvalue weighted by molar-refractivity contribution is 0.199. The lowest BCUT2D eigenvalue weighted by atomic mass is 10.1. The Balaban J connectivity index is 1.93. The fourth-order valence-corrected chi connectivity index (χ4v) is 3.43. The Kier molecular flexibility index (Phi) is 5.95. The van der Waals surface area contributed by atoms with Gasteiger partial charge in [-0.25, -0.2) is 0 Å². The van der Waals surface area contributed by atoms with Gasteiger partial charge < -0.3 is 9.84 Å². The van der Waals surface area contributed by atoms with Crippen LogP contribution in [0.15, 0.2) is 57.9 Å². The summed E-state index contributed by atoms with van der Waals surface area (Å²) in [5, 5.41) is 10.2. The van der Waals surface area contributed by atoms with Crippen molar-refractivity contribution in [1.29, 1.82) is 0 Å². The number of rotatable bonds is 6. The molecule has 0 aliphatic rings. The molecule has 1 N–H and O–H groups in total. The Labute approximate surface area is 132 Å². The van der Waals surface area contributed by atoms with E-state index in [1.165, 1.54) is 0 Å². The minimum Gasteiger partial charge on any atom is -0.496 e. The van der Waals surface area contributed by atoms with Crippen molar-refractivity contribution in [2.45, 2.75) is 17.4 Å². The van der Waals surface area contributed by atoms with Gasteiger partial charge in [-0.15, -0.1) is 11.8 Å². The van der Waals surface area contributed by atoms with E-state index in [9.17, 15) is 5.11 Å². The molecule has 1 atom stereocenters. The minimum absolute atomic E-state index is 0.400. The molecule has 0 bridgehead atoms. The van der Waals surface area contributed by atoms with Gasteiger partial charge >= 0.3 is 0 Å². The molecule has 0 aliphatic heterocycles. The van der Waals surface area contributed by atoms with E-state index in [1.54, 1.807) is 18.9 Å². The summed E-state index contributed by atoms with van der Waals surface area (Å²) in [4.78, 5) is 1.14. The molecule has 2 rings (SSSR count). The zero-order valence-corrected chi connectivity index (χ0v) is 13.7. The molecule has 0 aliphatic carbocycles. The van der Waals surface area contributed by atoms with Gasteiger partial charge in [0.15, 0.2) is 0 Å². The second kappa shape index (κ2) is 7.72. The molecular formula is C16H17BrO2S. The van der Waals surface area contributed by atoms with Crippen LogP contribution in [0.4, 0.5) is 0 Å². The smallest absolute Gasteiger partial charge is 0.122 e. The molecule has 1 unspecified atom stereocenters. The fourth-order valence-electron chi connectivity index (χ4n) is 1.93. The number of aliphatic hydroxyl groups excluding tert-OH is 1. The Morgan fingerprint density at radius 3 is 2.60 bits per heavy atom. The number of aliphatic hydroxyl groups is 1. The lowest BCUT2D eigenvalue weighted by Crippen LogP contribution is -2.14. The number of halogens is 1. The molecule has 2 aromatic carbocycles. The van der Waals surface area contributed by atoms with Crippen molar-refractivity contribution in [1.82, 2.24) is 0 Å². The van der Waals surface area contributed by atoms with Crippen molar-refractivity contribution in [3.63, 3.8) is 0 Å². The average Bonchev–Trinajstić information content (AvgIpc) is 2.47. The van der Waals surface area contributed by atoms with E-state index >= 15 is 0 Å². The molecule has 2 nitrogen and oxygen atoms in total. The number of thioether (sulfide) groups is 1. The van der Waals surface area contributed by atoms with Gasteiger partial charge in [0, 0.05) is 21.5 Å². The van der Waals surface area contributed by atoms with Gasteiger partial charge in [0.1, 0.15) is 5.75 Å². The highest BCUT2D eigenvalue weighted by molar-refractivity contribution is 9.10. The molecule has 2 aromatic rings. The lowest BCUT2D eigenvalue weighted by Gasteiger charge is -2.13. The maximum atomic E-state index is 10.2. The van der Waals surface area contributed by atoms with Crippen molar-refractivity contribution in [2.75, 3.05) is 12.9 Å². The Hall–Kier alpha value is -0.970. The van der Waals surface area contributed by atoms with Gasteiger partial charge in [0.25, 0.3) is 0 Å². The quantitative estimate of drug-likeness (QED) is 0.791. The molecule has 0 heterocycles. The first-order valence-corrected chi connectivity index (χ1v) is 8.16. The normalized spacial score (nSPS) is 12.2. The van der Waals surface area contributed by atoms with E-state index in [0.29, 0.717) is 12.2 Å². The summed E-state index contributed by atoms with van der Waals surface area (Å²) in [6.45, 7) is 0. The van der Waals surface area contributed by atoms with Crippen LogP contribution in [-0.2, 0) is 6.42 Å². The van der Waals surface area contributed by atoms with Crippen LogP contribution < -0.4 is 4.74 Å². The molecule has 0 amide bonds. The molecule has 106 valence electrons. The van der Waals surface area contributed by atoms with Gasteiger partial charge in [0.2, 0.25) is 0 Å². The zero-order chi connectivity index (χ0) is 14.4. The molecular weight excluding hydrogens is 336 g/mol. The SMILES string of the molecule is COc1ccccc1CC(O)CSc1ccccc1Br. The monoisotopic (exact) mass is 352 g/mol. The third-order valence-electron chi connectivity index (χ3n) is 2.92. The molecule has 0 fully saturated rings. The highest BCUT2D eigenvalue weighted by Gasteiger charge is 2.10. The van der Waals surface area contributed by atoms with Crippen molar-refractivity contribution in [3.05, 3.63) is 58.6 Å². The molecule has 0 saturated heterocycles. The van der Waals surface area contributed by atoms with Crippen LogP contribution in [-0.4, -0.2) is 24.1 Å². The van der Waals surface area contributed by atoms with Crippen molar-refractivity contribution >= 4 is 27.7 Å². The average molecular weight is 353 g/mol. The summed E-state index contributed by atoms with van der Waals surface area (Å²) in [7, 11) is 1.65. The van der Waals surface area contributed by atoms with Crippen molar-refractivity contribution < 1.29 is 9.84 Å². The summed E-state index contributed by atoms with van der Waals surface area (Å²) in [5.74, 6) is 1.48. The molecule has 0 saturated carbocycles. The van der Waals surface area contributed by atoms with Crippen LogP contribution in [0.2, 0.25) is 0 Å². The molecule has 0 radical (unpaired) electrons. The predicted octanol–water partition coefficient (Wildman–Crippen LogP) is 4.15. The van der Waals surface area contributed by atoms with E-state index in [0.717, 1.165) is 20.7 Å². The van der Waals surface area contributed by atoms with Gasteiger partial charge in [0.05, 0.1) is 13.2 Å². The summed E-state index contributed by atoms with van der Waals surface area (Å²) in [6.07, 6.45) is 0.199. The number of benzene rings is 2. The number of ether oxygens (including phenoxy) is 1. The third-order valence-corrected chi connectivity index (χ3v) is 5.09. The second-order valence-electron chi connectivity index (χ2n) is 4.41. The Bertz CT molecular complexity index is 560. The first-order valence-electron chi connectivity index (χ1n) is 6.38. The van der Waals surface area contributed by atoms with Gasteiger partial charge in [-0.3, -0.25) is 0 Å². The summed E-state index contributed by atoms with van der Waals surface area (Å²) in [5.41, 5.74) is 1.04. The summed E-state index contributed by atoms with van der Waals surface area (Å²) >= 11 is 5.16. The van der Waals surface area contributed by atoms with Gasteiger partial charge in [-0.1, -0.05) is 30.3 Å². The highest BCUT2D eigenvalue weighted by atomic mass is 79.9. The highest BCUT2D eigenvalue weighted by Crippen LogP contribution is 2.28. The van der Waals surface area contributed by atoms with E-state index in [2.05, 4.69) is 15.9 Å². The molecule has 0 spiro atoms. The topological polar surface area (TPSA) is 29.5 Å². The van der Waals surface area contributed by atoms with Crippen LogP contribution in [0.3, 0.4) is 0 Å².